The molecule has 0 bridgehead atoms. The number of rotatable bonds is 5. The van der Waals surface area contributed by atoms with Gasteiger partial charge in [0.05, 0.1) is 5.52 Å². The van der Waals surface area contributed by atoms with Gasteiger partial charge in [-0.05, 0) is 90.2 Å². The lowest BCUT2D eigenvalue weighted by Crippen LogP contribution is -2.00. The van der Waals surface area contributed by atoms with E-state index in [1.165, 1.54) is 79.3 Å². The SMILES string of the molecule is C1=Cc2c(c3ccccc3n2-c2ccc3sc4cc(-c5cccc6sc7ccc(-c8nc(-c9ccccc9)nc(-c9ccccc9)n8)cc7c56)ccc4c3c2)CC1. The van der Waals surface area contributed by atoms with Crippen LogP contribution in [0.1, 0.15) is 17.7 Å². The molecule has 0 fully saturated rings. The Morgan fingerprint density at radius 2 is 1.14 bits per heavy atom. The highest BCUT2D eigenvalue weighted by Crippen LogP contribution is 2.44. The van der Waals surface area contributed by atoms with E-state index >= 15 is 0 Å². The Labute approximate surface area is 336 Å². The van der Waals surface area contributed by atoms with Crippen LogP contribution in [-0.4, -0.2) is 19.5 Å². The normalized spacial score (nSPS) is 12.7. The molecule has 0 spiro atoms. The van der Waals surface area contributed by atoms with Crippen LogP contribution in [0.5, 0.6) is 0 Å². The van der Waals surface area contributed by atoms with Crippen molar-refractivity contribution in [3.05, 3.63) is 175 Å². The molecule has 0 unspecified atom stereocenters. The van der Waals surface area contributed by atoms with Crippen molar-refractivity contribution in [2.45, 2.75) is 12.8 Å². The summed E-state index contributed by atoms with van der Waals surface area (Å²) in [5.41, 5.74) is 10.6. The van der Waals surface area contributed by atoms with Crippen molar-refractivity contribution >= 4 is 80.0 Å². The second kappa shape index (κ2) is 12.9. The van der Waals surface area contributed by atoms with E-state index < -0.39 is 0 Å². The zero-order chi connectivity index (χ0) is 37.5. The lowest BCUT2D eigenvalue weighted by atomic mass is 9.98. The summed E-state index contributed by atoms with van der Waals surface area (Å²) < 4.78 is 7.56. The minimum absolute atomic E-state index is 0.664. The van der Waals surface area contributed by atoms with Crippen LogP contribution in [0.3, 0.4) is 0 Å². The first kappa shape index (κ1) is 32.5. The molecule has 268 valence electrons. The zero-order valence-corrected chi connectivity index (χ0v) is 32.3. The number of fused-ring (bicyclic) bond motifs is 9. The summed E-state index contributed by atoms with van der Waals surface area (Å²) in [7, 11) is 0. The predicted octanol–water partition coefficient (Wildman–Crippen LogP) is 14.2. The first-order valence-electron chi connectivity index (χ1n) is 19.3. The van der Waals surface area contributed by atoms with Crippen LogP contribution >= 0.6 is 22.7 Å². The first-order chi connectivity index (χ1) is 28.2. The summed E-state index contributed by atoms with van der Waals surface area (Å²) in [6.45, 7) is 0. The van der Waals surface area contributed by atoms with Crippen LogP contribution < -0.4 is 0 Å². The summed E-state index contributed by atoms with van der Waals surface area (Å²) in [6.07, 6.45) is 6.80. The Balaban J connectivity index is 0.985. The van der Waals surface area contributed by atoms with Gasteiger partial charge in [-0.2, -0.15) is 0 Å². The maximum Gasteiger partial charge on any atom is 0.164 e. The molecule has 1 aliphatic carbocycles. The van der Waals surface area contributed by atoms with Gasteiger partial charge in [-0.3, -0.25) is 0 Å². The number of allylic oxidation sites excluding steroid dienone is 1. The van der Waals surface area contributed by atoms with Gasteiger partial charge in [0.2, 0.25) is 0 Å². The lowest BCUT2D eigenvalue weighted by Gasteiger charge is -2.12. The molecule has 4 nitrogen and oxygen atoms in total. The van der Waals surface area contributed by atoms with E-state index in [0.29, 0.717) is 17.5 Å². The van der Waals surface area contributed by atoms with E-state index in [-0.39, 0.29) is 0 Å². The fourth-order valence-corrected chi connectivity index (χ4v) is 10.9. The molecule has 4 heterocycles. The molecule has 7 aromatic carbocycles. The standard InChI is InChI=1S/C51H32N4S2/c1-3-12-31(13-4-1)49-52-50(32-14-5-2-6-15-32)54-51(53-49)34-23-26-45-41(28-34)48-36(18-11-21-46(48)56-45)33-22-25-39-40-30-35(24-27-44(40)57-47(39)29-33)55-42-19-9-7-16-37(42)38-17-8-10-20-43(38)55/h1-7,9-16,18-30H,8,17H2. The molecule has 57 heavy (non-hydrogen) atoms. The van der Waals surface area contributed by atoms with Gasteiger partial charge in [-0.1, -0.05) is 109 Å². The summed E-state index contributed by atoms with van der Waals surface area (Å²) in [4.78, 5) is 15.0. The Morgan fingerprint density at radius 3 is 1.95 bits per heavy atom. The Bertz CT molecular complexity index is 3350. The van der Waals surface area contributed by atoms with Gasteiger partial charge >= 0.3 is 0 Å². The smallest absolute Gasteiger partial charge is 0.164 e. The highest BCUT2D eigenvalue weighted by molar-refractivity contribution is 7.26. The molecule has 0 saturated carbocycles. The molecule has 0 N–H and O–H groups in total. The average molecular weight is 765 g/mol. The van der Waals surface area contributed by atoms with Crippen LogP contribution in [0.4, 0.5) is 0 Å². The maximum atomic E-state index is 5.04. The quantitative estimate of drug-likeness (QED) is 0.175. The number of hydrogen-bond donors (Lipinski definition) is 0. The molecular weight excluding hydrogens is 733 g/mol. The molecule has 0 radical (unpaired) electrons. The molecule has 4 aromatic heterocycles. The Kier molecular flexibility index (Phi) is 7.37. The van der Waals surface area contributed by atoms with Crippen molar-refractivity contribution in [1.29, 1.82) is 0 Å². The molecule has 11 aromatic rings. The third-order valence-electron chi connectivity index (χ3n) is 11.3. The van der Waals surface area contributed by atoms with Gasteiger partial charge in [-0.15, -0.1) is 22.7 Å². The minimum atomic E-state index is 0.664. The van der Waals surface area contributed by atoms with E-state index in [9.17, 15) is 0 Å². The van der Waals surface area contributed by atoms with E-state index in [4.69, 9.17) is 15.0 Å². The number of thiophene rings is 2. The van der Waals surface area contributed by atoms with Crippen LogP contribution in [0, 0.1) is 0 Å². The number of aromatic nitrogens is 4. The van der Waals surface area contributed by atoms with Crippen molar-refractivity contribution < 1.29 is 0 Å². The van der Waals surface area contributed by atoms with Gasteiger partial charge in [0.25, 0.3) is 0 Å². The summed E-state index contributed by atoms with van der Waals surface area (Å²) >= 11 is 3.71. The van der Waals surface area contributed by atoms with E-state index in [1.807, 2.05) is 59.1 Å². The second-order valence-corrected chi connectivity index (χ2v) is 16.8. The number of para-hydroxylation sites is 1. The van der Waals surface area contributed by atoms with E-state index in [1.54, 1.807) is 0 Å². The molecule has 6 heteroatoms. The topological polar surface area (TPSA) is 43.6 Å². The van der Waals surface area contributed by atoms with Gasteiger partial charge in [0.1, 0.15) is 0 Å². The predicted molar refractivity (Wildman–Crippen MR) is 242 cm³/mol. The first-order valence-corrected chi connectivity index (χ1v) is 21.0. The van der Waals surface area contributed by atoms with E-state index in [0.717, 1.165) is 29.5 Å². The molecule has 1 aliphatic rings. The average Bonchev–Trinajstić information content (AvgIpc) is 3.95. The number of hydrogen-bond acceptors (Lipinski definition) is 5. The van der Waals surface area contributed by atoms with Gasteiger partial charge in [0, 0.05) is 73.8 Å². The lowest BCUT2D eigenvalue weighted by molar-refractivity contribution is 0.968. The fraction of sp³-hybridized carbons (Fsp3) is 0.0392. The van der Waals surface area contributed by atoms with Crippen molar-refractivity contribution in [1.82, 2.24) is 19.5 Å². The van der Waals surface area contributed by atoms with Crippen molar-refractivity contribution in [2.75, 3.05) is 0 Å². The molecule has 0 amide bonds. The monoisotopic (exact) mass is 764 g/mol. The number of benzene rings is 7. The fourth-order valence-electron chi connectivity index (χ4n) is 8.68. The Hall–Kier alpha value is -6.73. The van der Waals surface area contributed by atoms with Gasteiger partial charge in [-0.25, -0.2) is 15.0 Å². The molecular formula is C51H32N4S2. The summed E-state index contributed by atoms with van der Waals surface area (Å²) in [6, 6.07) is 56.6. The minimum Gasteiger partial charge on any atom is -0.310 e. The van der Waals surface area contributed by atoms with Crippen LogP contribution in [0.25, 0.3) is 108 Å². The highest BCUT2D eigenvalue weighted by Gasteiger charge is 2.20. The third-order valence-corrected chi connectivity index (χ3v) is 13.6. The van der Waals surface area contributed by atoms with Crippen molar-refractivity contribution in [3.63, 3.8) is 0 Å². The van der Waals surface area contributed by atoms with E-state index in [2.05, 4.69) is 138 Å². The van der Waals surface area contributed by atoms with Crippen LogP contribution in [-0.2, 0) is 6.42 Å². The molecule has 0 atom stereocenters. The number of nitrogens with zero attached hydrogens (tertiary/aromatic N) is 4. The second-order valence-electron chi connectivity index (χ2n) is 14.7. The van der Waals surface area contributed by atoms with Gasteiger partial charge < -0.3 is 4.57 Å². The molecule has 0 aliphatic heterocycles. The number of aryl methyl sites for hydroxylation is 1. The summed E-state index contributed by atoms with van der Waals surface area (Å²) in [5.74, 6) is 1.99. The third kappa shape index (κ3) is 5.29. The van der Waals surface area contributed by atoms with Crippen LogP contribution in [0.2, 0.25) is 0 Å². The zero-order valence-electron chi connectivity index (χ0n) is 30.7. The maximum absolute atomic E-state index is 5.04. The van der Waals surface area contributed by atoms with Crippen LogP contribution in [0.15, 0.2) is 164 Å². The van der Waals surface area contributed by atoms with Crippen molar-refractivity contribution in [2.24, 2.45) is 0 Å². The highest BCUT2D eigenvalue weighted by atomic mass is 32.1. The summed E-state index contributed by atoms with van der Waals surface area (Å²) in [5, 5.41) is 6.44. The molecule has 12 rings (SSSR count). The van der Waals surface area contributed by atoms with Crippen molar-refractivity contribution in [3.8, 4) is 51.0 Å². The Morgan fingerprint density at radius 1 is 0.456 bits per heavy atom. The molecule has 0 saturated heterocycles. The van der Waals surface area contributed by atoms with Gasteiger partial charge in [0.15, 0.2) is 17.5 Å². The largest absolute Gasteiger partial charge is 0.310 e.